The molecular formula is C27H33N3O4S. The maximum absolute atomic E-state index is 13.1. The number of rotatable bonds is 6. The molecule has 0 bridgehead atoms. The molecule has 4 rings (SSSR count). The van der Waals surface area contributed by atoms with Crippen LogP contribution in [-0.4, -0.2) is 55.6 Å². The number of benzene rings is 2. The van der Waals surface area contributed by atoms with Crippen LogP contribution in [0, 0.1) is 5.92 Å². The maximum Gasteiger partial charge on any atom is 0.246 e. The third kappa shape index (κ3) is 6.58. The number of amides is 2. The summed E-state index contributed by atoms with van der Waals surface area (Å²) in [5, 5.41) is 2.89. The van der Waals surface area contributed by atoms with E-state index in [4.69, 9.17) is 0 Å². The van der Waals surface area contributed by atoms with E-state index in [-0.39, 0.29) is 22.6 Å². The van der Waals surface area contributed by atoms with Gasteiger partial charge >= 0.3 is 0 Å². The maximum atomic E-state index is 13.1. The second-order valence-corrected chi connectivity index (χ2v) is 11.1. The number of hydrogen-bond donors (Lipinski definition) is 1. The van der Waals surface area contributed by atoms with Gasteiger partial charge in [-0.2, -0.15) is 4.31 Å². The monoisotopic (exact) mass is 495 g/mol. The summed E-state index contributed by atoms with van der Waals surface area (Å²) in [4.78, 5) is 27.3. The third-order valence-corrected chi connectivity index (χ3v) is 8.59. The molecule has 2 aromatic rings. The van der Waals surface area contributed by atoms with Gasteiger partial charge in [0, 0.05) is 43.9 Å². The molecule has 0 radical (unpaired) electrons. The minimum Gasteiger partial charge on any atom is -0.339 e. The standard InChI is InChI=1S/C27H33N3O4S/c31-26(14-13-22-9-4-3-5-10-22)29-19-15-23(16-20-29)27(32)28-24-11-8-12-25(21-24)35(33,34)30-17-6-1-2-7-18-30/h3-5,8-14,21,23H,1-2,6-7,15-20H2,(H,28,32)/b14-13+. The summed E-state index contributed by atoms with van der Waals surface area (Å²) in [6.07, 6.45) is 8.37. The Balaban J connectivity index is 1.32. The fourth-order valence-electron chi connectivity index (χ4n) is 4.61. The first-order valence-electron chi connectivity index (χ1n) is 12.4. The zero-order chi connectivity index (χ0) is 24.7. The van der Waals surface area contributed by atoms with Gasteiger partial charge in [-0.15, -0.1) is 0 Å². The van der Waals surface area contributed by atoms with Gasteiger partial charge < -0.3 is 10.2 Å². The van der Waals surface area contributed by atoms with E-state index < -0.39 is 10.0 Å². The molecule has 8 heteroatoms. The first-order chi connectivity index (χ1) is 16.9. The number of hydrogen-bond acceptors (Lipinski definition) is 4. The molecule has 2 aromatic carbocycles. The van der Waals surface area contributed by atoms with E-state index in [9.17, 15) is 18.0 Å². The average molecular weight is 496 g/mol. The molecular weight excluding hydrogens is 462 g/mol. The topological polar surface area (TPSA) is 86.8 Å². The van der Waals surface area contributed by atoms with E-state index in [1.807, 2.05) is 30.3 Å². The van der Waals surface area contributed by atoms with Gasteiger partial charge in [0.15, 0.2) is 0 Å². The average Bonchev–Trinajstić information content (AvgIpc) is 3.18. The van der Waals surface area contributed by atoms with Gasteiger partial charge in [-0.1, -0.05) is 49.2 Å². The molecule has 0 atom stereocenters. The SMILES string of the molecule is O=C(Nc1cccc(S(=O)(=O)N2CCCCCC2)c1)C1CCN(C(=O)/C=C/c2ccccc2)CC1. The number of likely N-dealkylation sites (tertiary alicyclic amines) is 1. The van der Waals surface area contributed by atoms with Crippen molar-refractivity contribution < 1.29 is 18.0 Å². The van der Waals surface area contributed by atoms with Crippen LogP contribution in [0.25, 0.3) is 6.08 Å². The van der Waals surface area contributed by atoms with Crippen molar-refractivity contribution in [2.24, 2.45) is 5.92 Å². The Bertz CT molecular complexity index is 1150. The highest BCUT2D eigenvalue weighted by Gasteiger charge is 2.28. The van der Waals surface area contributed by atoms with Crippen LogP contribution in [0.2, 0.25) is 0 Å². The highest BCUT2D eigenvalue weighted by molar-refractivity contribution is 7.89. The van der Waals surface area contributed by atoms with Gasteiger partial charge in [-0.05, 0) is 55.5 Å². The zero-order valence-electron chi connectivity index (χ0n) is 19.9. The summed E-state index contributed by atoms with van der Waals surface area (Å²) >= 11 is 0. The summed E-state index contributed by atoms with van der Waals surface area (Å²) in [5.41, 5.74) is 1.45. The summed E-state index contributed by atoms with van der Waals surface area (Å²) in [6.45, 7) is 2.10. The number of carbonyl (C=O) groups is 2. The molecule has 2 heterocycles. The minimum absolute atomic E-state index is 0.0564. The van der Waals surface area contributed by atoms with Crippen molar-refractivity contribution in [3.8, 4) is 0 Å². The molecule has 2 amide bonds. The normalized spacial score (nSPS) is 18.3. The molecule has 0 aromatic heterocycles. The van der Waals surface area contributed by atoms with Crippen molar-refractivity contribution in [1.82, 2.24) is 9.21 Å². The smallest absolute Gasteiger partial charge is 0.246 e. The number of anilines is 1. The highest BCUT2D eigenvalue weighted by Crippen LogP contribution is 2.24. The Labute approximate surface area is 207 Å². The van der Waals surface area contributed by atoms with Crippen LogP contribution in [-0.2, 0) is 19.6 Å². The molecule has 1 N–H and O–H groups in total. The number of piperidine rings is 1. The van der Waals surface area contributed by atoms with Crippen LogP contribution in [0.1, 0.15) is 44.1 Å². The summed E-state index contributed by atoms with van der Waals surface area (Å²) < 4.78 is 27.7. The molecule has 2 aliphatic rings. The lowest BCUT2D eigenvalue weighted by Crippen LogP contribution is -2.40. The zero-order valence-corrected chi connectivity index (χ0v) is 20.8. The first-order valence-corrected chi connectivity index (χ1v) is 13.8. The van der Waals surface area contributed by atoms with Crippen LogP contribution >= 0.6 is 0 Å². The molecule has 186 valence electrons. The van der Waals surface area contributed by atoms with Crippen molar-refractivity contribution in [2.45, 2.75) is 43.4 Å². The lowest BCUT2D eigenvalue weighted by atomic mass is 9.95. The summed E-state index contributed by atoms with van der Waals surface area (Å²) in [5.74, 6) is -0.414. The largest absolute Gasteiger partial charge is 0.339 e. The van der Waals surface area contributed by atoms with Crippen molar-refractivity contribution in [3.63, 3.8) is 0 Å². The molecule has 7 nitrogen and oxygen atoms in total. The Morgan fingerprint density at radius 1 is 0.857 bits per heavy atom. The fraction of sp³-hybridized carbons (Fsp3) is 0.407. The molecule has 2 fully saturated rings. The second kappa shape index (κ2) is 11.6. The van der Waals surface area contributed by atoms with E-state index in [2.05, 4.69) is 5.32 Å². The number of nitrogens with one attached hydrogen (secondary N) is 1. The van der Waals surface area contributed by atoms with Gasteiger partial charge in [0.1, 0.15) is 0 Å². The van der Waals surface area contributed by atoms with Gasteiger partial charge in [0.05, 0.1) is 4.90 Å². The van der Waals surface area contributed by atoms with Gasteiger partial charge in [0.25, 0.3) is 0 Å². The van der Waals surface area contributed by atoms with Crippen LogP contribution < -0.4 is 5.32 Å². The van der Waals surface area contributed by atoms with E-state index in [1.165, 1.54) is 0 Å². The predicted molar refractivity (Wildman–Crippen MR) is 137 cm³/mol. The van der Waals surface area contributed by atoms with Crippen LogP contribution in [0.3, 0.4) is 0 Å². The number of carbonyl (C=O) groups excluding carboxylic acids is 2. The molecule has 2 aliphatic heterocycles. The molecule has 0 saturated carbocycles. The highest BCUT2D eigenvalue weighted by atomic mass is 32.2. The first kappa shape index (κ1) is 25.1. The molecule has 2 saturated heterocycles. The third-order valence-electron chi connectivity index (χ3n) is 6.70. The van der Waals surface area contributed by atoms with Crippen molar-refractivity contribution in [3.05, 3.63) is 66.2 Å². The molecule has 0 spiro atoms. The van der Waals surface area contributed by atoms with E-state index in [0.717, 1.165) is 31.2 Å². The number of nitrogens with zero attached hydrogens (tertiary/aromatic N) is 2. The fourth-order valence-corrected chi connectivity index (χ4v) is 6.17. The Kier molecular flexibility index (Phi) is 8.36. The lowest BCUT2D eigenvalue weighted by molar-refractivity contribution is -0.130. The van der Waals surface area contributed by atoms with Crippen LogP contribution in [0.15, 0.2) is 65.6 Å². The number of sulfonamides is 1. The molecule has 35 heavy (non-hydrogen) atoms. The quantitative estimate of drug-likeness (QED) is 0.610. The van der Waals surface area contributed by atoms with Gasteiger partial charge in [-0.25, -0.2) is 8.42 Å². The molecule has 0 aliphatic carbocycles. The minimum atomic E-state index is -3.58. The summed E-state index contributed by atoms with van der Waals surface area (Å²) in [6, 6.07) is 16.2. The van der Waals surface area contributed by atoms with Crippen molar-refractivity contribution in [1.29, 1.82) is 0 Å². The van der Waals surface area contributed by atoms with Crippen molar-refractivity contribution >= 4 is 33.6 Å². The summed E-state index contributed by atoms with van der Waals surface area (Å²) in [7, 11) is -3.58. The Morgan fingerprint density at radius 3 is 2.23 bits per heavy atom. The Hall–Kier alpha value is -2.97. The van der Waals surface area contributed by atoms with Gasteiger partial charge in [0.2, 0.25) is 21.8 Å². The van der Waals surface area contributed by atoms with Crippen LogP contribution in [0.4, 0.5) is 5.69 Å². The molecule has 0 unspecified atom stereocenters. The van der Waals surface area contributed by atoms with Gasteiger partial charge in [-0.3, -0.25) is 9.59 Å². The predicted octanol–water partition coefficient (Wildman–Crippen LogP) is 4.14. The van der Waals surface area contributed by atoms with E-state index >= 15 is 0 Å². The van der Waals surface area contributed by atoms with E-state index in [1.54, 1.807) is 45.6 Å². The van der Waals surface area contributed by atoms with Crippen molar-refractivity contribution in [2.75, 3.05) is 31.5 Å². The lowest BCUT2D eigenvalue weighted by Gasteiger charge is -2.30. The van der Waals surface area contributed by atoms with E-state index in [0.29, 0.717) is 44.7 Å². The van der Waals surface area contributed by atoms with Crippen LogP contribution in [0.5, 0.6) is 0 Å². The second-order valence-electron chi connectivity index (χ2n) is 9.18. The Morgan fingerprint density at radius 2 is 1.54 bits per heavy atom.